The van der Waals surface area contributed by atoms with E-state index < -0.39 is 15.8 Å². The number of nitrogens with one attached hydrogen (secondary N) is 1. The molecule has 0 aliphatic heterocycles. The summed E-state index contributed by atoms with van der Waals surface area (Å²) in [5.41, 5.74) is 0.159. The Balaban J connectivity index is 2.40. The van der Waals surface area contributed by atoms with E-state index in [2.05, 4.69) is 4.72 Å². The molecule has 0 bridgehead atoms. The maximum Gasteiger partial charge on any atom is 0.262 e. The standard InChI is InChI=1S/C14H13ClFNO4S/c1-20-13-6-4-10(8-11(13)16)22(18,19)17-12-7-9(15)3-5-14(12)21-2/h3-8,17H,1-2H3. The molecular formula is C14H13ClFNO4S. The van der Waals surface area contributed by atoms with Crippen molar-refractivity contribution in [2.75, 3.05) is 18.9 Å². The van der Waals surface area contributed by atoms with Gasteiger partial charge in [0, 0.05) is 5.02 Å². The van der Waals surface area contributed by atoms with Crippen LogP contribution >= 0.6 is 11.6 Å². The summed E-state index contributed by atoms with van der Waals surface area (Å²) in [7, 11) is -1.30. The minimum absolute atomic E-state index is 0.0423. The Morgan fingerprint density at radius 2 is 1.68 bits per heavy atom. The van der Waals surface area contributed by atoms with Crippen molar-refractivity contribution in [2.45, 2.75) is 4.90 Å². The predicted molar refractivity (Wildman–Crippen MR) is 81.8 cm³/mol. The number of hydrogen-bond donors (Lipinski definition) is 1. The molecule has 118 valence electrons. The Bertz CT molecular complexity index is 795. The van der Waals surface area contributed by atoms with Crippen molar-refractivity contribution in [3.8, 4) is 11.5 Å². The van der Waals surface area contributed by atoms with Crippen LogP contribution in [0, 0.1) is 5.82 Å². The zero-order valence-electron chi connectivity index (χ0n) is 11.8. The smallest absolute Gasteiger partial charge is 0.262 e. The molecule has 0 atom stereocenters. The lowest BCUT2D eigenvalue weighted by atomic mass is 10.3. The van der Waals surface area contributed by atoms with Gasteiger partial charge >= 0.3 is 0 Å². The molecule has 0 unspecified atom stereocenters. The molecule has 0 fully saturated rings. The van der Waals surface area contributed by atoms with Crippen molar-refractivity contribution in [1.29, 1.82) is 0 Å². The van der Waals surface area contributed by atoms with Gasteiger partial charge in [-0.05, 0) is 36.4 Å². The molecule has 5 nitrogen and oxygen atoms in total. The summed E-state index contributed by atoms with van der Waals surface area (Å²) in [5.74, 6) is -0.523. The third kappa shape index (κ3) is 3.42. The first kappa shape index (κ1) is 16.4. The highest BCUT2D eigenvalue weighted by Gasteiger charge is 2.19. The Kier molecular flexibility index (Phi) is 4.77. The van der Waals surface area contributed by atoms with E-state index in [-0.39, 0.29) is 16.3 Å². The number of halogens is 2. The highest BCUT2D eigenvalue weighted by Crippen LogP contribution is 2.30. The second kappa shape index (κ2) is 6.41. The lowest BCUT2D eigenvalue weighted by Crippen LogP contribution is -2.14. The van der Waals surface area contributed by atoms with Gasteiger partial charge in [0.25, 0.3) is 10.0 Å². The van der Waals surface area contributed by atoms with E-state index in [1.807, 2.05) is 0 Å². The van der Waals surface area contributed by atoms with Gasteiger partial charge in [-0.2, -0.15) is 0 Å². The highest BCUT2D eigenvalue weighted by molar-refractivity contribution is 7.92. The van der Waals surface area contributed by atoms with Gasteiger partial charge < -0.3 is 9.47 Å². The largest absolute Gasteiger partial charge is 0.495 e. The summed E-state index contributed by atoms with van der Waals surface area (Å²) in [4.78, 5) is -0.243. The number of benzene rings is 2. The van der Waals surface area contributed by atoms with Crippen molar-refractivity contribution in [3.05, 3.63) is 47.2 Å². The summed E-state index contributed by atoms with van der Waals surface area (Å²) in [6.45, 7) is 0. The topological polar surface area (TPSA) is 64.6 Å². The first-order chi connectivity index (χ1) is 10.4. The number of ether oxygens (including phenoxy) is 2. The molecule has 0 heterocycles. The van der Waals surface area contributed by atoms with Crippen LogP contribution in [0.4, 0.5) is 10.1 Å². The van der Waals surface area contributed by atoms with Crippen LogP contribution in [0.25, 0.3) is 0 Å². The molecule has 0 saturated carbocycles. The fourth-order valence-corrected chi connectivity index (χ4v) is 3.02. The third-order valence-electron chi connectivity index (χ3n) is 2.84. The molecule has 0 amide bonds. The Morgan fingerprint density at radius 1 is 1.05 bits per heavy atom. The average Bonchev–Trinajstić information content (AvgIpc) is 2.47. The lowest BCUT2D eigenvalue weighted by Gasteiger charge is -2.12. The summed E-state index contributed by atoms with van der Waals surface area (Å²) in [5, 5.41) is 0.333. The van der Waals surface area contributed by atoms with Crippen molar-refractivity contribution < 1.29 is 22.3 Å². The van der Waals surface area contributed by atoms with E-state index in [4.69, 9.17) is 21.1 Å². The number of rotatable bonds is 5. The first-order valence-electron chi connectivity index (χ1n) is 6.07. The van der Waals surface area contributed by atoms with Gasteiger partial charge in [-0.3, -0.25) is 4.72 Å². The van der Waals surface area contributed by atoms with Crippen LogP contribution < -0.4 is 14.2 Å². The van der Waals surface area contributed by atoms with E-state index >= 15 is 0 Å². The molecule has 0 spiro atoms. The number of hydrogen-bond acceptors (Lipinski definition) is 4. The highest BCUT2D eigenvalue weighted by atomic mass is 35.5. The minimum atomic E-state index is -3.99. The SMILES string of the molecule is COc1ccc(S(=O)(=O)Nc2cc(Cl)ccc2OC)cc1F. The molecule has 2 aromatic carbocycles. The van der Waals surface area contributed by atoms with Crippen LogP contribution in [0.15, 0.2) is 41.3 Å². The molecule has 22 heavy (non-hydrogen) atoms. The molecule has 0 aliphatic carbocycles. The Morgan fingerprint density at radius 3 is 2.27 bits per heavy atom. The molecule has 2 rings (SSSR count). The Labute approximate surface area is 132 Å². The molecular weight excluding hydrogens is 333 g/mol. The third-order valence-corrected chi connectivity index (χ3v) is 4.44. The molecule has 0 aliphatic rings. The quantitative estimate of drug-likeness (QED) is 0.903. The number of anilines is 1. The van der Waals surface area contributed by atoms with E-state index in [1.54, 1.807) is 6.07 Å². The van der Waals surface area contributed by atoms with Gasteiger partial charge in [-0.1, -0.05) is 11.6 Å². The van der Waals surface area contributed by atoms with Crippen molar-refractivity contribution in [2.24, 2.45) is 0 Å². The van der Waals surface area contributed by atoms with E-state index in [9.17, 15) is 12.8 Å². The van der Waals surface area contributed by atoms with Gasteiger partial charge in [-0.15, -0.1) is 0 Å². The fourth-order valence-electron chi connectivity index (χ4n) is 1.78. The van der Waals surface area contributed by atoms with Gasteiger partial charge in [0.1, 0.15) is 5.75 Å². The number of sulfonamides is 1. The van der Waals surface area contributed by atoms with E-state index in [0.717, 1.165) is 6.07 Å². The summed E-state index contributed by atoms with van der Waals surface area (Å²) < 4.78 is 50.4. The lowest BCUT2D eigenvalue weighted by molar-refractivity contribution is 0.385. The normalized spacial score (nSPS) is 11.1. The molecule has 8 heteroatoms. The van der Waals surface area contributed by atoms with Crippen LogP contribution in [0.3, 0.4) is 0 Å². The second-order valence-electron chi connectivity index (χ2n) is 4.25. The van der Waals surface area contributed by atoms with Crippen LogP contribution in [0.2, 0.25) is 5.02 Å². The van der Waals surface area contributed by atoms with Crippen LogP contribution in [-0.4, -0.2) is 22.6 Å². The fraction of sp³-hybridized carbons (Fsp3) is 0.143. The van der Waals surface area contributed by atoms with Crippen LogP contribution in [-0.2, 0) is 10.0 Å². The van der Waals surface area contributed by atoms with Gasteiger partial charge in [0.05, 0.1) is 24.8 Å². The summed E-state index contributed by atoms with van der Waals surface area (Å²) >= 11 is 5.85. The van der Waals surface area contributed by atoms with E-state index in [1.165, 1.54) is 38.5 Å². The maximum atomic E-state index is 13.7. The molecule has 0 saturated heterocycles. The summed E-state index contributed by atoms with van der Waals surface area (Å²) in [6.07, 6.45) is 0. The van der Waals surface area contributed by atoms with Gasteiger partial charge in [0.15, 0.2) is 11.6 Å². The zero-order chi connectivity index (χ0) is 16.3. The van der Waals surface area contributed by atoms with Crippen molar-refractivity contribution >= 4 is 27.3 Å². The first-order valence-corrected chi connectivity index (χ1v) is 7.93. The van der Waals surface area contributed by atoms with Gasteiger partial charge in [0.2, 0.25) is 0 Å². The number of methoxy groups -OCH3 is 2. The predicted octanol–water partition coefficient (Wildman–Crippen LogP) is 3.30. The molecule has 2 aromatic rings. The van der Waals surface area contributed by atoms with E-state index in [0.29, 0.717) is 10.8 Å². The van der Waals surface area contributed by atoms with Crippen LogP contribution in [0.1, 0.15) is 0 Å². The van der Waals surface area contributed by atoms with Gasteiger partial charge in [-0.25, -0.2) is 12.8 Å². The maximum absolute atomic E-state index is 13.7. The van der Waals surface area contributed by atoms with Crippen molar-refractivity contribution in [1.82, 2.24) is 0 Å². The zero-order valence-corrected chi connectivity index (χ0v) is 13.3. The summed E-state index contributed by atoms with van der Waals surface area (Å²) in [6, 6.07) is 7.83. The molecule has 0 aromatic heterocycles. The second-order valence-corrected chi connectivity index (χ2v) is 6.37. The Hall–Kier alpha value is -1.99. The van der Waals surface area contributed by atoms with Crippen molar-refractivity contribution in [3.63, 3.8) is 0 Å². The monoisotopic (exact) mass is 345 g/mol. The molecule has 1 N–H and O–H groups in total. The molecule has 0 radical (unpaired) electrons. The average molecular weight is 346 g/mol. The van der Waals surface area contributed by atoms with Crippen LogP contribution in [0.5, 0.6) is 11.5 Å². The minimum Gasteiger partial charge on any atom is -0.495 e.